The molecular weight excluding hydrogens is 198 g/mol. The molecule has 0 radical (unpaired) electrons. The highest BCUT2D eigenvalue weighted by atomic mass is 33.1. The Morgan fingerprint density at radius 2 is 2.18 bits per heavy atom. The van der Waals surface area contributed by atoms with Gasteiger partial charge in [0.2, 0.25) is 0 Å². The van der Waals surface area contributed by atoms with Crippen molar-refractivity contribution in [3.8, 4) is 0 Å². The van der Waals surface area contributed by atoms with Gasteiger partial charge in [0.05, 0.1) is 5.08 Å². The predicted octanol–water partition coefficient (Wildman–Crippen LogP) is 1.96. The van der Waals surface area contributed by atoms with Crippen LogP contribution < -0.4 is 0 Å². The summed E-state index contributed by atoms with van der Waals surface area (Å²) >= 11 is 1.87. The highest BCUT2D eigenvalue weighted by molar-refractivity contribution is 8.82. The standard InChI is InChI=1S/C5H5N3S3/c1-6-2-8-4(7-1)5-9-3-10-11-5/h1-2,5H,3H2. The molecule has 11 heavy (non-hydrogen) atoms. The van der Waals surface area contributed by atoms with E-state index >= 15 is 0 Å². The van der Waals surface area contributed by atoms with E-state index in [9.17, 15) is 0 Å². The molecule has 1 unspecified atom stereocenters. The van der Waals surface area contributed by atoms with Crippen LogP contribution >= 0.6 is 33.3 Å². The summed E-state index contributed by atoms with van der Waals surface area (Å²) in [7, 11) is 3.68. The Morgan fingerprint density at radius 1 is 1.36 bits per heavy atom. The van der Waals surface area contributed by atoms with E-state index < -0.39 is 0 Å². The van der Waals surface area contributed by atoms with Crippen molar-refractivity contribution in [1.29, 1.82) is 0 Å². The minimum Gasteiger partial charge on any atom is -0.225 e. The molecule has 0 N–H and O–H groups in total. The number of aromatic nitrogens is 3. The van der Waals surface area contributed by atoms with Gasteiger partial charge in [-0.05, 0) is 0 Å². The highest BCUT2D eigenvalue weighted by Crippen LogP contribution is 2.53. The van der Waals surface area contributed by atoms with Gasteiger partial charge in [-0.25, -0.2) is 15.0 Å². The van der Waals surface area contributed by atoms with Gasteiger partial charge in [0.1, 0.15) is 17.2 Å². The van der Waals surface area contributed by atoms with Gasteiger partial charge in [0.15, 0.2) is 5.82 Å². The molecule has 0 aromatic carbocycles. The summed E-state index contributed by atoms with van der Waals surface area (Å²) in [6, 6.07) is 0. The zero-order valence-corrected chi connectivity index (χ0v) is 7.96. The molecule has 0 aliphatic carbocycles. The quantitative estimate of drug-likeness (QED) is 0.650. The van der Waals surface area contributed by atoms with Crippen LogP contribution in [0.15, 0.2) is 12.7 Å². The molecule has 1 aromatic heterocycles. The van der Waals surface area contributed by atoms with E-state index in [-0.39, 0.29) is 0 Å². The minimum absolute atomic E-state index is 0.406. The largest absolute Gasteiger partial charge is 0.225 e. The fraction of sp³-hybridized carbons (Fsp3) is 0.400. The lowest BCUT2D eigenvalue weighted by atomic mass is 10.7. The van der Waals surface area contributed by atoms with E-state index in [1.165, 1.54) is 0 Å². The first-order chi connectivity index (χ1) is 5.47. The van der Waals surface area contributed by atoms with Crippen LogP contribution in [0.25, 0.3) is 0 Å². The average Bonchev–Trinajstić information content (AvgIpc) is 2.58. The first-order valence-electron chi connectivity index (χ1n) is 2.98. The van der Waals surface area contributed by atoms with E-state index in [0.717, 1.165) is 10.9 Å². The summed E-state index contributed by atoms with van der Waals surface area (Å²) in [5.74, 6) is 0.889. The molecule has 1 aliphatic heterocycles. The SMILES string of the molecule is c1ncnc(C2SCSS2)n1. The Labute approximate surface area is 76.6 Å². The van der Waals surface area contributed by atoms with Crippen molar-refractivity contribution in [1.82, 2.24) is 15.0 Å². The number of hydrogen-bond donors (Lipinski definition) is 0. The Morgan fingerprint density at radius 3 is 2.82 bits per heavy atom. The van der Waals surface area contributed by atoms with Gasteiger partial charge in [-0.3, -0.25) is 0 Å². The van der Waals surface area contributed by atoms with E-state index in [0.29, 0.717) is 4.58 Å². The number of nitrogens with zero attached hydrogens (tertiary/aromatic N) is 3. The van der Waals surface area contributed by atoms with Crippen molar-refractivity contribution in [3.05, 3.63) is 18.5 Å². The summed E-state index contributed by atoms with van der Waals surface area (Å²) in [5, 5.41) is 1.13. The van der Waals surface area contributed by atoms with E-state index in [1.807, 2.05) is 33.3 Å². The Bertz CT molecular complexity index is 224. The van der Waals surface area contributed by atoms with Crippen molar-refractivity contribution >= 4 is 33.3 Å². The summed E-state index contributed by atoms with van der Waals surface area (Å²) in [6.07, 6.45) is 3.10. The van der Waals surface area contributed by atoms with Crippen LogP contribution in [0, 0.1) is 0 Å². The van der Waals surface area contributed by atoms with Crippen LogP contribution in [0.5, 0.6) is 0 Å². The third-order valence-electron chi connectivity index (χ3n) is 1.15. The van der Waals surface area contributed by atoms with Crippen LogP contribution in [0.3, 0.4) is 0 Å². The zero-order chi connectivity index (χ0) is 7.52. The number of hydrogen-bond acceptors (Lipinski definition) is 6. The van der Waals surface area contributed by atoms with Gasteiger partial charge in [0, 0.05) is 0 Å². The molecule has 1 fully saturated rings. The van der Waals surface area contributed by atoms with Crippen molar-refractivity contribution in [2.24, 2.45) is 0 Å². The molecule has 1 aliphatic rings. The van der Waals surface area contributed by atoms with Crippen molar-refractivity contribution in [3.63, 3.8) is 0 Å². The molecule has 1 aromatic rings. The second-order valence-electron chi connectivity index (χ2n) is 1.83. The monoisotopic (exact) mass is 203 g/mol. The summed E-state index contributed by atoms with van der Waals surface area (Å²) in [4.78, 5) is 11.9. The Hall–Kier alpha value is 0.0600. The van der Waals surface area contributed by atoms with Crippen molar-refractivity contribution in [2.75, 3.05) is 5.08 Å². The maximum Gasteiger partial charge on any atom is 0.155 e. The van der Waals surface area contributed by atoms with Gasteiger partial charge in [-0.15, -0.1) is 11.8 Å². The molecule has 58 valence electrons. The molecule has 0 saturated carbocycles. The summed E-state index contributed by atoms with van der Waals surface area (Å²) in [6.45, 7) is 0. The third-order valence-corrected chi connectivity index (χ3v) is 6.03. The molecule has 3 nitrogen and oxygen atoms in total. The molecule has 0 amide bonds. The minimum atomic E-state index is 0.406. The van der Waals surface area contributed by atoms with Crippen LogP contribution in [0.4, 0.5) is 0 Å². The predicted molar refractivity (Wildman–Crippen MR) is 50.2 cm³/mol. The first-order valence-corrected chi connectivity index (χ1v) is 6.41. The van der Waals surface area contributed by atoms with Crippen LogP contribution in [-0.2, 0) is 0 Å². The number of thioether (sulfide) groups is 1. The highest BCUT2D eigenvalue weighted by Gasteiger charge is 2.21. The maximum absolute atomic E-state index is 4.08. The van der Waals surface area contributed by atoms with E-state index in [1.54, 1.807) is 12.7 Å². The lowest BCUT2D eigenvalue weighted by Crippen LogP contribution is -1.94. The molecular formula is C5H5N3S3. The third kappa shape index (κ3) is 1.80. The maximum atomic E-state index is 4.08. The van der Waals surface area contributed by atoms with E-state index in [4.69, 9.17) is 0 Å². The molecule has 1 atom stereocenters. The van der Waals surface area contributed by atoms with Gasteiger partial charge in [-0.1, -0.05) is 21.6 Å². The first kappa shape index (κ1) is 7.70. The van der Waals surface area contributed by atoms with Gasteiger partial charge in [0.25, 0.3) is 0 Å². The molecule has 1 saturated heterocycles. The summed E-state index contributed by atoms with van der Waals surface area (Å²) in [5.41, 5.74) is 0. The number of rotatable bonds is 1. The molecule has 2 rings (SSSR count). The molecule has 2 heterocycles. The van der Waals surface area contributed by atoms with Gasteiger partial charge in [-0.2, -0.15) is 0 Å². The fourth-order valence-electron chi connectivity index (χ4n) is 0.694. The van der Waals surface area contributed by atoms with Crippen molar-refractivity contribution in [2.45, 2.75) is 4.58 Å². The molecule has 0 spiro atoms. The summed E-state index contributed by atoms with van der Waals surface area (Å²) < 4.78 is 0.406. The van der Waals surface area contributed by atoms with Gasteiger partial charge < -0.3 is 0 Å². The topological polar surface area (TPSA) is 38.7 Å². The lowest BCUT2D eigenvalue weighted by Gasteiger charge is -2.01. The van der Waals surface area contributed by atoms with Gasteiger partial charge >= 0.3 is 0 Å². The van der Waals surface area contributed by atoms with Crippen LogP contribution in [0.1, 0.15) is 10.4 Å². The molecule has 0 bridgehead atoms. The molecule has 6 heteroatoms. The zero-order valence-electron chi connectivity index (χ0n) is 5.51. The Kier molecular flexibility index (Phi) is 2.55. The van der Waals surface area contributed by atoms with E-state index in [2.05, 4.69) is 15.0 Å². The normalized spacial score (nSPS) is 23.8. The second-order valence-corrected chi connectivity index (χ2v) is 6.06. The Balaban J connectivity index is 2.16. The lowest BCUT2D eigenvalue weighted by molar-refractivity contribution is 0.956. The smallest absolute Gasteiger partial charge is 0.155 e. The fourth-order valence-corrected chi connectivity index (χ4v) is 5.59. The van der Waals surface area contributed by atoms with Crippen LogP contribution in [-0.4, -0.2) is 20.0 Å². The average molecular weight is 203 g/mol. The second kappa shape index (κ2) is 3.64. The van der Waals surface area contributed by atoms with Crippen molar-refractivity contribution < 1.29 is 0 Å². The van der Waals surface area contributed by atoms with Crippen LogP contribution in [0.2, 0.25) is 0 Å².